The molecule has 1 atom stereocenters. The van der Waals surface area contributed by atoms with Crippen molar-refractivity contribution in [1.29, 1.82) is 0 Å². The number of nitrogens with two attached hydrogens (primary N) is 1. The average molecular weight is 129 g/mol. The Morgan fingerprint density at radius 2 is 2.44 bits per heavy atom. The lowest BCUT2D eigenvalue weighted by Crippen LogP contribution is -2.39. The van der Waals surface area contributed by atoms with Crippen molar-refractivity contribution in [2.24, 2.45) is 5.73 Å². The summed E-state index contributed by atoms with van der Waals surface area (Å²) in [5.74, 6) is 0. The maximum Gasteiger partial charge on any atom is 0.0647 e. The summed E-state index contributed by atoms with van der Waals surface area (Å²) >= 11 is 0. The van der Waals surface area contributed by atoms with Gasteiger partial charge in [0.2, 0.25) is 0 Å². The Balaban J connectivity index is 2.32. The molecule has 0 aromatic carbocycles. The summed E-state index contributed by atoms with van der Waals surface area (Å²) in [4.78, 5) is 0. The summed E-state index contributed by atoms with van der Waals surface area (Å²) in [6.45, 7) is 3.78. The van der Waals surface area contributed by atoms with Gasteiger partial charge in [-0.15, -0.1) is 0 Å². The van der Waals surface area contributed by atoms with Gasteiger partial charge >= 0.3 is 0 Å². The zero-order valence-electron chi connectivity index (χ0n) is 6.02. The smallest absolute Gasteiger partial charge is 0.0647 e. The third-order valence-electron chi connectivity index (χ3n) is 1.88. The fraction of sp³-hybridized carbons (Fsp3) is 1.00. The zero-order chi connectivity index (χ0) is 6.74. The quantitative estimate of drug-likeness (QED) is 0.601. The lowest BCUT2D eigenvalue weighted by molar-refractivity contribution is 0.175. The van der Waals surface area contributed by atoms with Crippen molar-refractivity contribution in [1.82, 2.24) is 0 Å². The third-order valence-corrected chi connectivity index (χ3v) is 1.88. The minimum absolute atomic E-state index is 0.0226. The van der Waals surface area contributed by atoms with Gasteiger partial charge < -0.3 is 10.5 Å². The second-order valence-electron chi connectivity index (χ2n) is 2.91. The highest BCUT2D eigenvalue weighted by atomic mass is 16.5. The first kappa shape index (κ1) is 7.03. The number of hydrogen-bond acceptors (Lipinski definition) is 2. The monoisotopic (exact) mass is 129 g/mol. The van der Waals surface area contributed by atoms with E-state index in [0.717, 1.165) is 26.1 Å². The SMILES string of the molecule is CCCC1(N)CCOC1. The van der Waals surface area contributed by atoms with Gasteiger partial charge in [0.1, 0.15) is 0 Å². The Labute approximate surface area is 56.4 Å². The van der Waals surface area contributed by atoms with Crippen LogP contribution >= 0.6 is 0 Å². The van der Waals surface area contributed by atoms with Crippen LogP contribution in [0.25, 0.3) is 0 Å². The summed E-state index contributed by atoms with van der Waals surface area (Å²) < 4.78 is 5.19. The van der Waals surface area contributed by atoms with Crippen molar-refractivity contribution in [2.75, 3.05) is 13.2 Å². The van der Waals surface area contributed by atoms with E-state index >= 15 is 0 Å². The van der Waals surface area contributed by atoms with Crippen LogP contribution in [0.2, 0.25) is 0 Å². The van der Waals surface area contributed by atoms with Crippen molar-refractivity contribution >= 4 is 0 Å². The summed E-state index contributed by atoms with van der Waals surface area (Å²) in [5, 5.41) is 0. The molecule has 0 aliphatic carbocycles. The topological polar surface area (TPSA) is 35.2 Å². The molecule has 0 spiro atoms. The molecule has 1 aliphatic rings. The first-order valence-electron chi connectivity index (χ1n) is 3.63. The van der Waals surface area contributed by atoms with Gasteiger partial charge in [0.25, 0.3) is 0 Å². The van der Waals surface area contributed by atoms with E-state index in [-0.39, 0.29) is 5.54 Å². The normalized spacial score (nSPS) is 35.3. The van der Waals surface area contributed by atoms with Crippen LogP contribution in [0.1, 0.15) is 26.2 Å². The summed E-state index contributed by atoms with van der Waals surface area (Å²) in [6, 6.07) is 0. The fourth-order valence-electron chi connectivity index (χ4n) is 1.32. The molecule has 1 aliphatic heterocycles. The standard InChI is InChI=1S/C7H15NO/c1-2-3-7(8)4-5-9-6-7/h2-6,8H2,1H3. The van der Waals surface area contributed by atoms with Gasteiger partial charge in [-0.05, 0) is 12.8 Å². The van der Waals surface area contributed by atoms with Gasteiger partial charge in [0.15, 0.2) is 0 Å². The van der Waals surface area contributed by atoms with Gasteiger partial charge in [0, 0.05) is 12.1 Å². The lowest BCUT2D eigenvalue weighted by atomic mass is 9.95. The molecule has 1 saturated heterocycles. The van der Waals surface area contributed by atoms with Gasteiger partial charge in [-0.2, -0.15) is 0 Å². The highest BCUT2D eigenvalue weighted by molar-refractivity contribution is 4.86. The van der Waals surface area contributed by atoms with Crippen LogP contribution in [-0.2, 0) is 4.74 Å². The Kier molecular flexibility index (Phi) is 2.09. The molecule has 0 aromatic rings. The van der Waals surface area contributed by atoms with Crippen LogP contribution in [0.4, 0.5) is 0 Å². The minimum atomic E-state index is 0.0226. The van der Waals surface area contributed by atoms with Crippen LogP contribution in [0.5, 0.6) is 0 Å². The molecule has 0 bridgehead atoms. The molecule has 1 unspecified atom stereocenters. The Hall–Kier alpha value is -0.0800. The molecule has 1 heterocycles. The second-order valence-corrected chi connectivity index (χ2v) is 2.91. The summed E-state index contributed by atoms with van der Waals surface area (Å²) in [7, 11) is 0. The van der Waals surface area contributed by atoms with E-state index in [1.54, 1.807) is 0 Å². The highest BCUT2D eigenvalue weighted by Gasteiger charge is 2.28. The summed E-state index contributed by atoms with van der Waals surface area (Å²) in [5.41, 5.74) is 5.97. The Bertz CT molecular complexity index is 86.9. The molecular formula is C7H15NO. The number of rotatable bonds is 2. The molecular weight excluding hydrogens is 114 g/mol. The van der Waals surface area contributed by atoms with E-state index in [1.165, 1.54) is 6.42 Å². The second kappa shape index (κ2) is 2.67. The lowest BCUT2D eigenvalue weighted by Gasteiger charge is -2.19. The van der Waals surface area contributed by atoms with E-state index in [1.807, 2.05) is 0 Å². The minimum Gasteiger partial charge on any atom is -0.379 e. The van der Waals surface area contributed by atoms with Crippen LogP contribution < -0.4 is 5.73 Å². The maximum atomic E-state index is 5.94. The largest absolute Gasteiger partial charge is 0.379 e. The molecule has 1 rings (SSSR count). The predicted octanol–water partition coefficient (Wildman–Crippen LogP) is 0.904. The van der Waals surface area contributed by atoms with Crippen molar-refractivity contribution in [3.05, 3.63) is 0 Å². The van der Waals surface area contributed by atoms with E-state index in [4.69, 9.17) is 10.5 Å². The van der Waals surface area contributed by atoms with Crippen molar-refractivity contribution in [3.8, 4) is 0 Å². The molecule has 9 heavy (non-hydrogen) atoms. The molecule has 54 valence electrons. The van der Waals surface area contributed by atoms with Gasteiger partial charge in [-0.3, -0.25) is 0 Å². The van der Waals surface area contributed by atoms with E-state index in [9.17, 15) is 0 Å². The Morgan fingerprint density at radius 3 is 2.89 bits per heavy atom. The highest BCUT2D eigenvalue weighted by Crippen LogP contribution is 2.20. The van der Waals surface area contributed by atoms with Gasteiger partial charge in [-0.1, -0.05) is 13.3 Å². The average Bonchev–Trinajstić information content (AvgIpc) is 2.16. The number of hydrogen-bond donors (Lipinski definition) is 1. The first-order valence-corrected chi connectivity index (χ1v) is 3.63. The zero-order valence-corrected chi connectivity index (χ0v) is 6.02. The van der Waals surface area contributed by atoms with Gasteiger partial charge in [0.05, 0.1) is 6.61 Å². The molecule has 2 N–H and O–H groups in total. The van der Waals surface area contributed by atoms with Crippen molar-refractivity contribution < 1.29 is 4.74 Å². The molecule has 0 aromatic heterocycles. The maximum absolute atomic E-state index is 5.94. The Morgan fingerprint density at radius 1 is 1.67 bits per heavy atom. The number of ether oxygens (including phenoxy) is 1. The first-order chi connectivity index (χ1) is 4.27. The molecule has 2 heteroatoms. The third kappa shape index (κ3) is 1.66. The van der Waals surface area contributed by atoms with Crippen molar-refractivity contribution in [2.45, 2.75) is 31.7 Å². The molecule has 2 nitrogen and oxygen atoms in total. The van der Waals surface area contributed by atoms with Crippen LogP contribution in [0, 0.1) is 0 Å². The van der Waals surface area contributed by atoms with Crippen molar-refractivity contribution in [3.63, 3.8) is 0 Å². The molecule has 1 fully saturated rings. The fourth-order valence-corrected chi connectivity index (χ4v) is 1.32. The van der Waals surface area contributed by atoms with Gasteiger partial charge in [-0.25, -0.2) is 0 Å². The van der Waals surface area contributed by atoms with E-state index in [0.29, 0.717) is 0 Å². The predicted molar refractivity (Wildman–Crippen MR) is 37.3 cm³/mol. The van der Waals surface area contributed by atoms with Crippen LogP contribution in [-0.4, -0.2) is 18.8 Å². The molecule has 0 amide bonds. The van der Waals surface area contributed by atoms with E-state index in [2.05, 4.69) is 6.92 Å². The molecule has 0 radical (unpaired) electrons. The van der Waals surface area contributed by atoms with Crippen LogP contribution in [0.3, 0.4) is 0 Å². The van der Waals surface area contributed by atoms with Crippen LogP contribution in [0.15, 0.2) is 0 Å². The molecule has 0 saturated carbocycles. The van der Waals surface area contributed by atoms with E-state index < -0.39 is 0 Å². The summed E-state index contributed by atoms with van der Waals surface area (Å²) in [6.07, 6.45) is 3.31.